The summed E-state index contributed by atoms with van der Waals surface area (Å²) in [6, 6.07) is 85.2. The Morgan fingerprint density at radius 1 is 0.267 bits per heavy atom. The second-order valence-electron chi connectivity index (χ2n) is 14.9. The van der Waals surface area contributed by atoms with Gasteiger partial charge in [-0.05, 0) is 89.6 Å². The minimum Gasteiger partial charge on any atom is -0.309 e. The Bertz CT molecular complexity index is 3130. The lowest BCUT2D eigenvalue weighted by molar-refractivity contribution is 1.30. The molecular formula is C56H39N3S. The molecule has 4 heteroatoms. The molecule has 0 aliphatic carbocycles. The molecule has 0 N–H and O–H groups in total. The minimum absolute atomic E-state index is 1.10. The average molecular weight is 786 g/mol. The Hall–Kier alpha value is -7.66. The van der Waals surface area contributed by atoms with Crippen molar-refractivity contribution in [1.29, 1.82) is 0 Å². The topological polar surface area (TPSA) is 9.72 Å². The number of hydrogen-bond donors (Lipinski definition) is 0. The fourth-order valence-corrected chi connectivity index (χ4v) is 10.2. The zero-order chi connectivity index (χ0) is 39.8. The van der Waals surface area contributed by atoms with Crippen LogP contribution in [-0.4, -0.2) is 0 Å². The smallest absolute Gasteiger partial charge is 0.0720 e. The van der Waals surface area contributed by atoms with Crippen molar-refractivity contribution in [2.45, 2.75) is 0 Å². The van der Waals surface area contributed by atoms with E-state index in [1.54, 1.807) is 0 Å². The Morgan fingerprint density at radius 3 is 1.03 bits per heavy atom. The van der Waals surface area contributed by atoms with Crippen molar-refractivity contribution in [2.75, 3.05) is 14.7 Å². The molecule has 11 aromatic rings. The van der Waals surface area contributed by atoms with Gasteiger partial charge in [0.05, 0.1) is 26.5 Å². The van der Waals surface area contributed by atoms with Crippen LogP contribution in [-0.2, 0) is 0 Å². The van der Waals surface area contributed by atoms with Crippen LogP contribution in [0.25, 0.3) is 41.7 Å². The lowest BCUT2D eigenvalue weighted by Gasteiger charge is -2.32. The number of para-hydroxylation sites is 6. The highest BCUT2D eigenvalue weighted by Crippen LogP contribution is 2.58. The molecule has 0 saturated carbocycles. The number of anilines is 9. The van der Waals surface area contributed by atoms with E-state index in [-0.39, 0.29) is 0 Å². The van der Waals surface area contributed by atoms with E-state index < -0.39 is 0 Å². The van der Waals surface area contributed by atoms with Crippen molar-refractivity contribution in [3.63, 3.8) is 0 Å². The number of rotatable bonds is 9. The number of thiophene rings is 1. The molecule has 0 amide bonds. The van der Waals surface area contributed by atoms with Crippen molar-refractivity contribution in [3.05, 3.63) is 237 Å². The van der Waals surface area contributed by atoms with E-state index in [1.807, 2.05) is 11.3 Å². The van der Waals surface area contributed by atoms with E-state index in [4.69, 9.17) is 0 Å². The van der Waals surface area contributed by atoms with Crippen LogP contribution in [0.3, 0.4) is 0 Å². The number of fused-ring (bicyclic) bond motifs is 6. The maximum absolute atomic E-state index is 2.48. The molecule has 0 unspecified atom stereocenters. The van der Waals surface area contributed by atoms with E-state index in [0.717, 1.165) is 51.2 Å². The molecule has 284 valence electrons. The summed E-state index contributed by atoms with van der Waals surface area (Å²) >= 11 is 1.89. The summed E-state index contributed by atoms with van der Waals surface area (Å²) in [6.07, 6.45) is 0. The zero-order valence-corrected chi connectivity index (χ0v) is 33.6. The van der Waals surface area contributed by atoms with Crippen LogP contribution in [0.5, 0.6) is 0 Å². The molecule has 0 spiro atoms. The maximum atomic E-state index is 2.48. The predicted molar refractivity (Wildman–Crippen MR) is 258 cm³/mol. The van der Waals surface area contributed by atoms with Crippen molar-refractivity contribution in [2.24, 2.45) is 0 Å². The summed E-state index contributed by atoms with van der Waals surface area (Å²) < 4.78 is 2.43. The number of nitrogens with zero attached hydrogens (tertiary/aromatic N) is 3. The second-order valence-corrected chi connectivity index (χ2v) is 15.9. The molecule has 0 saturated heterocycles. The Kier molecular flexibility index (Phi) is 9.03. The monoisotopic (exact) mass is 785 g/mol. The highest BCUT2D eigenvalue weighted by atomic mass is 32.1. The molecule has 0 radical (unpaired) electrons. The minimum atomic E-state index is 1.10. The van der Waals surface area contributed by atoms with E-state index >= 15 is 0 Å². The Balaban J connectivity index is 1.39. The Labute approximate surface area is 353 Å². The molecule has 0 fully saturated rings. The molecule has 60 heavy (non-hydrogen) atoms. The standard InChI is InChI=1S/C56H39N3S/c1-7-24-41(25-8-1)57(42-26-9-2-10-27-42)50-39-40-23-19-20-36-47(40)51-52-53(58(43-28-11-3-12-29-43)44-30-13-4-14-31-44)48-37-21-22-38-49(48)54(56(52)60-55(50)51)59(45-32-15-5-16-33-45)46-34-17-6-18-35-46/h1-39H. The lowest BCUT2D eigenvalue weighted by Crippen LogP contribution is -2.14. The molecule has 11 rings (SSSR count). The van der Waals surface area contributed by atoms with Gasteiger partial charge in [0.1, 0.15) is 0 Å². The van der Waals surface area contributed by atoms with E-state index in [2.05, 4.69) is 251 Å². The molecule has 1 aromatic heterocycles. The normalized spacial score (nSPS) is 11.3. The molecule has 0 bridgehead atoms. The zero-order valence-electron chi connectivity index (χ0n) is 32.8. The average Bonchev–Trinajstić information content (AvgIpc) is 3.73. The lowest BCUT2D eigenvalue weighted by atomic mass is 9.95. The van der Waals surface area contributed by atoms with Gasteiger partial charge in [-0.2, -0.15) is 0 Å². The van der Waals surface area contributed by atoms with Gasteiger partial charge >= 0.3 is 0 Å². The maximum Gasteiger partial charge on any atom is 0.0720 e. The van der Waals surface area contributed by atoms with Gasteiger partial charge in [-0.3, -0.25) is 0 Å². The summed E-state index contributed by atoms with van der Waals surface area (Å²) in [4.78, 5) is 7.37. The molecule has 0 aliphatic heterocycles. The number of benzene rings is 10. The summed E-state index contributed by atoms with van der Waals surface area (Å²) in [5.74, 6) is 0. The summed E-state index contributed by atoms with van der Waals surface area (Å²) in [5.41, 5.74) is 10.1. The predicted octanol–water partition coefficient (Wildman–Crippen LogP) is 16.8. The molecule has 10 aromatic carbocycles. The van der Waals surface area contributed by atoms with Crippen LogP contribution in [0.2, 0.25) is 0 Å². The molecular weight excluding hydrogens is 747 g/mol. The van der Waals surface area contributed by atoms with Crippen molar-refractivity contribution in [3.8, 4) is 0 Å². The van der Waals surface area contributed by atoms with Crippen molar-refractivity contribution >= 4 is 104 Å². The largest absolute Gasteiger partial charge is 0.309 e. The molecule has 3 nitrogen and oxygen atoms in total. The third-order valence-electron chi connectivity index (χ3n) is 11.3. The Morgan fingerprint density at radius 2 is 0.600 bits per heavy atom. The van der Waals surface area contributed by atoms with E-state index in [0.29, 0.717) is 0 Å². The van der Waals surface area contributed by atoms with Crippen LogP contribution >= 0.6 is 11.3 Å². The summed E-state index contributed by atoms with van der Waals surface area (Å²) in [6.45, 7) is 0. The first kappa shape index (κ1) is 35.5. The third kappa shape index (κ3) is 6.05. The summed E-state index contributed by atoms with van der Waals surface area (Å²) in [5, 5.41) is 7.20. The molecule has 0 aliphatic rings. The van der Waals surface area contributed by atoms with E-state index in [1.165, 1.54) is 41.7 Å². The highest BCUT2D eigenvalue weighted by molar-refractivity contribution is 7.27. The quantitative estimate of drug-likeness (QED) is 0.135. The first-order chi connectivity index (χ1) is 29.8. The first-order valence-electron chi connectivity index (χ1n) is 20.4. The van der Waals surface area contributed by atoms with Gasteiger partial charge in [-0.15, -0.1) is 11.3 Å². The van der Waals surface area contributed by atoms with Crippen LogP contribution in [0.15, 0.2) is 237 Å². The van der Waals surface area contributed by atoms with Crippen molar-refractivity contribution < 1.29 is 0 Å². The fraction of sp³-hybridized carbons (Fsp3) is 0. The fourth-order valence-electron chi connectivity index (χ4n) is 8.80. The molecule has 0 atom stereocenters. The van der Waals surface area contributed by atoms with Crippen LogP contribution < -0.4 is 14.7 Å². The van der Waals surface area contributed by atoms with Gasteiger partial charge in [0.15, 0.2) is 0 Å². The first-order valence-corrected chi connectivity index (χ1v) is 21.2. The van der Waals surface area contributed by atoms with Crippen LogP contribution in [0, 0.1) is 0 Å². The van der Waals surface area contributed by atoms with Gasteiger partial charge < -0.3 is 14.7 Å². The van der Waals surface area contributed by atoms with Crippen molar-refractivity contribution in [1.82, 2.24) is 0 Å². The molecule has 1 heterocycles. The van der Waals surface area contributed by atoms with Crippen LogP contribution in [0.1, 0.15) is 0 Å². The summed E-state index contributed by atoms with van der Waals surface area (Å²) in [7, 11) is 0. The van der Waals surface area contributed by atoms with Gasteiger partial charge in [0.2, 0.25) is 0 Å². The number of hydrogen-bond acceptors (Lipinski definition) is 4. The van der Waals surface area contributed by atoms with Gasteiger partial charge in [0, 0.05) is 55.7 Å². The highest BCUT2D eigenvalue weighted by Gasteiger charge is 2.30. The van der Waals surface area contributed by atoms with Gasteiger partial charge in [-0.25, -0.2) is 0 Å². The van der Waals surface area contributed by atoms with Crippen LogP contribution in [0.4, 0.5) is 51.2 Å². The third-order valence-corrected chi connectivity index (χ3v) is 12.5. The van der Waals surface area contributed by atoms with E-state index in [9.17, 15) is 0 Å². The van der Waals surface area contributed by atoms with Gasteiger partial charge in [-0.1, -0.05) is 158 Å². The SMILES string of the molecule is c1ccc(N(c2ccccc2)c2c3ccccc3c(N(c3ccccc3)c3ccccc3)c3c2sc2c(N(c4ccccc4)c4ccccc4)cc4ccccc4c23)cc1. The van der Waals surface area contributed by atoms with Gasteiger partial charge in [0.25, 0.3) is 0 Å². The second kappa shape index (κ2) is 15.3.